The van der Waals surface area contributed by atoms with Gasteiger partial charge in [0.25, 0.3) is 5.91 Å². The Morgan fingerprint density at radius 3 is 2.47 bits per heavy atom. The summed E-state index contributed by atoms with van der Waals surface area (Å²) in [5.41, 5.74) is 2.60. The molecule has 3 aromatic rings. The molecule has 2 saturated heterocycles. The Hall–Kier alpha value is -2.58. The molecule has 1 aliphatic carbocycles. The third kappa shape index (κ3) is 6.60. The number of anilines is 1. The van der Waals surface area contributed by atoms with Gasteiger partial charge in [-0.05, 0) is 67.7 Å². The average molecular weight is 626 g/mol. The van der Waals surface area contributed by atoms with E-state index in [0.29, 0.717) is 58.1 Å². The van der Waals surface area contributed by atoms with Crippen LogP contribution < -0.4 is 5.32 Å². The van der Waals surface area contributed by atoms with E-state index in [1.807, 2.05) is 47.0 Å². The zero-order chi connectivity index (χ0) is 30.2. The van der Waals surface area contributed by atoms with E-state index in [0.717, 1.165) is 49.2 Å². The molecule has 3 aliphatic rings. The van der Waals surface area contributed by atoms with E-state index in [9.17, 15) is 9.59 Å². The monoisotopic (exact) mass is 624 g/mol. The highest BCUT2D eigenvalue weighted by Gasteiger charge is 2.41. The lowest BCUT2D eigenvalue weighted by atomic mass is 9.89. The van der Waals surface area contributed by atoms with Crippen LogP contribution in [0.1, 0.15) is 61.9 Å². The molecular weight excluding hydrogens is 583 g/mol. The maximum Gasteiger partial charge on any atom is 0.257 e. The molecule has 43 heavy (non-hydrogen) atoms. The minimum Gasteiger partial charge on any atom is -0.376 e. The number of rotatable bonds is 8. The Bertz CT molecular complexity index is 1490. The summed E-state index contributed by atoms with van der Waals surface area (Å²) in [5.74, 6) is 1.26. The summed E-state index contributed by atoms with van der Waals surface area (Å²) in [7, 11) is 1.91. The van der Waals surface area contributed by atoms with Gasteiger partial charge in [0.05, 0.1) is 41.4 Å². The van der Waals surface area contributed by atoms with Crippen LogP contribution >= 0.6 is 23.2 Å². The Labute approximate surface area is 264 Å². The molecule has 3 fully saturated rings. The summed E-state index contributed by atoms with van der Waals surface area (Å²) < 4.78 is 8.33. The van der Waals surface area contributed by atoms with Crippen molar-refractivity contribution in [2.24, 2.45) is 18.9 Å². The molecule has 1 aromatic heterocycles. The quantitative estimate of drug-likeness (QED) is 0.299. The van der Waals surface area contributed by atoms with E-state index in [1.54, 1.807) is 12.1 Å². The Morgan fingerprint density at radius 2 is 1.72 bits per heavy atom. The molecule has 0 bridgehead atoms. The molecule has 2 amide bonds. The third-order valence-electron chi connectivity index (χ3n) is 9.68. The number of nitrogens with zero attached hydrogens (tertiary/aromatic N) is 3. The number of amides is 2. The number of halogens is 2. The minimum atomic E-state index is -0.266. The van der Waals surface area contributed by atoms with Crippen LogP contribution in [0, 0.1) is 11.8 Å². The summed E-state index contributed by atoms with van der Waals surface area (Å²) in [6, 6.07) is 11.5. The second-order valence-corrected chi connectivity index (χ2v) is 13.9. The fourth-order valence-electron chi connectivity index (χ4n) is 7.10. The molecule has 3 heterocycles. The molecule has 7 nitrogen and oxygen atoms in total. The van der Waals surface area contributed by atoms with Crippen molar-refractivity contribution in [1.29, 1.82) is 0 Å². The highest BCUT2D eigenvalue weighted by molar-refractivity contribution is 6.36. The summed E-state index contributed by atoms with van der Waals surface area (Å²) in [4.78, 5) is 31.5. The highest BCUT2D eigenvalue weighted by atomic mass is 35.5. The Morgan fingerprint density at radius 1 is 0.977 bits per heavy atom. The third-order valence-corrected chi connectivity index (χ3v) is 10.3. The van der Waals surface area contributed by atoms with Gasteiger partial charge in [-0.25, -0.2) is 0 Å². The van der Waals surface area contributed by atoms with Gasteiger partial charge in [-0.15, -0.1) is 0 Å². The van der Waals surface area contributed by atoms with Crippen molar-refractivity contribution in [2.75, 3.05) is 31.6 Å². The number of fused-ring (bicyclic) bond motifs is 1. The maximum atomic E-state index is 13.8. The van der Waals surface area contributed by atoms with Crippen molar-refractivity contribution >= 4 is 51.6 Å². The van der Waals surface area contributed by atoms with Gasteiger partial charge in [0.15, 0.2) is 0 Å². The van der Waals surface area contributed by atoms with E-state index < -0.39 is 0 Å². The predicted octanol–water partition coefficient (Wildman–Crippen LogP) is 6.80. The second-order valence-electron chi connectivity index (χ2n) is 13.1. The molecule has 6 rings (SSSR count). The predicted molar refractivity (Wildman–Crippen MR) is 173 cm³/mol. The lowest BCUT2D eigenvalue weighted by Gasteiger charge is -2.41. The molecule has 0 unspecified atom stereocenters. The van der Waals surface area contributed by atoms with Gasteiger partial charge in [0.2, 0.25) is 5.91 Å². The van der Waals surface area contributed by atoms with E-state index in [2.05, 4.69) is 24.1 Å². The first-order chi connectivity index (χ1) is 20.7. The van der Waals surface area contributed by atoms with Crippen LogP contribution in [0.2, 0.25) is 10.0 Å². The fraction of sp³-hybridized carbons (Fsp3) is 0.529. The smallest absolute Gasteiger partial charge is 0.257 e. The number of likely N-dealkylation sites (tertiary alicyclic amines) is 2. The summed E-state index contributed by atoms with van der Waals surface area (Å²) in [6.07, 6.45) is 7.82. The van der Waals surface area contributed by atoms with E-state index in [-0.39, 0.29) is 24.3 Å². The van der Waals surface area contributed by atoms with Crippen molar-refractivity contribution in [1.82, 2.24) is 14.4 Å². The van der Waals surface area contributed by atoms with Crippen LogP contribution in [0.3, 0.4) is 0 Å². The lowest BCUT2D eigenvalue weighted by molar-refractivity contribution is -0.133. The fourth-order valence-corrected chi connectivity index (χ4v) is 7.57. The molecule has 9 heteroatoms. The average Bonchev–Trinajstić information content (AvgIpc) is 3.55. The van der Waals surface area contributed by atoms with Crippen molar-refractivity contribution < 1.29 is 14.3 Å². The van der Waals surface area contributed by atoms with Crippen LogP contribution in [-0.2, 0) is 23.0 Å². The summed E-state index contributed by atoms with van der Waals surface area (Å²) in [5, 5.41) is 4.53. The highest BCUT2D eigenvalue weighted by Crippen LogP contribution is 2.34. The standard InChI is InChI=1S/C34H42Cl2N4O3/c1-21-8-10-26(11-9-21)43-20-25-14-24(39-16-22(2)17-39)18-40(25)33(41)13-23-12-30(36)31(15-29(23)35)37-34(42)28-19-38(3)32-7-5-4-6-27(28)32/h4-7,12,15,19,21-22,24-26H,8-11,13-14,16-18,20H2,1-3H3,(H,37,42)/t21?,24-,25-,26?/m0/s1. The summed E-state index contributed by atoms with van der Waals surface area (Å²) in [6.45, 7) is 8.07. The minimum absolute atomic E-state index is 0.0347. The Kier molecular flexibility index (Phi) is 9.06. The largest absolute Gasteiger partial charge is 0.376 e. The van der Waals surface area contributed by atoms with Crippen LogP contribution in [-0.4, -0.2) is 70.6 Å². The molecular formula is C34H42Cl2N4O3. The number of carbonyl (C=O) groups excluding carboxylic acids is 2. The van der Waals surface area contributed by atoms with Gasteiger partial charge < -0.3 is 19.5 Å². The molecule has 2 atom stereocenters. The van der Waals surface area contributed by atoms with Crippen molar-refractivity contribution in [2.45, 2.75) is 70.6 Å². The maximum absolute atomic E-state index is 13.8. The van der Waals surface area contributed by atoms with Crippen LogP contribution in [0.5, 0.6) is 0 Å². The topological polar surface area (TPSA) is 66.8 Å². The molecule has 2 aliphatic heterocycles. The number of aryl methyl sites for hydroxylation is 1. The number of nitrogens with one attached hydrogen (secondary N) is 1. The number of aromatic nitrogens is 1. The van der Waals surface area contributed by atoms with Crippen molar-refractivity contribution in [3.63, 3.8) is 0 Å². The van der Waals surface area contributed by atoms with Crippen molar-refractivity contribution in [3.05, 3.63) is 63.8 Å². The first kappa shape index (κ1) is 30.4. The number of ether oxygens (including phenoxy) is 1. The molecule has 1 saturated carbocycles. The molecule has 0 radical (unpaired) electrons. The molecule has 1 N–H and O–H groups in total. The molecule has 2 aromatic carbocycles. The van der Waals surface area contributed by atoms with E-state index in [1.165, 1.54) is 12.8 Å². The number of hydrogen-bond acceptors (Lipinski definition) is 4. The van der Waals surface area contributed by atoms with Gasteiger partial charge in [-0.1, -0.05) is 55.2 Å². The van der Waals surface area contributed by atoms with Crippen molar-refractivity contribution in [3.8, 4) is 0 Å². The SMILES string of the molecule is CC1CCC(OC[C@@H]2C[C@H](N3CC(C)C3)CN2C(=O)Cc2cc(Cl)c(NC(=O)c3cn(C)c4ccccc34)cc2Cl)CC1. The molecule has 0 spiro atoms. The first-order valence-electron chi connectivity index (χ1n) is 15.6. The van der Waals surface area contributed by atoms with Crippen LogP contribution in [0.15, 0.2) is 42.6 Å². The Balaban J connectivity index is 1.13. The van der Waals surface area contributed by atoms with E-state index >= 15 is 0 Å². The van der Waals surface area contributed by atoms with Gasteiger partial charge in [-0.3, -0.25) is 14.5 Å². The zero-order valence-electron chi connectivity index (χ0n) is 25.3. The normalized spacial score (nSPS) is 24.8. The number of hydrogen-bond donors (Lipinski definition) is 1. The number of carbonyl (C=O) groups is 2. The second kappa shape index (κ2) is 12.8. The van der Waals surface area contributed by atoms with Gasteiger partial charge in [-0.2, -0.15) is 0 Å². The number of para-hydroxylation sites is 1. The van der Waals surface area contributed by atoms with Gasteiger partial charge in [0, 0.05) is 54.8 Å². The lowest BCUT2D eigenvalue weighted by Crippen LogP contribution is -2.52. The van der Waals surface area contributed by atoms with Gasteiger partial charge in [0.1, 0.15) is 0 Å². The number of benzene rings is 2. The first-order valence-corrected chi connectivity index (χ1v) is 16.4. The van der Waals surface area contributed by atoms with Crippen LogP contribution in [0.4, 0.5) is 5.69 Å². The van der Waals surface area contributed by atoms with E-state index in [4.69, 9.17) is 27.9 Å². The van der Waals surface area contributed by atoms with Gasteiger partial charge >= 0.3 is 0 Å². The molecule has 230 valence electrons. The van der Waals surface area contributed by atoms with Crippen LogP contribution in [0.25, 0.3) is 10.9 Å². The summed E-state index contributed by atoms with van der Waals surface area (Å²) >= 11 is 13.3. The zero-order valence-corrected chi connectivity index (χ0v) is 26.8.